The number of hydrogen-bond acceptors (Lipinski definition) is 6. The number of anilines is 1. The maximum Gasteiger partial charge on any atom is 0.246 e. The van der Waals surface area contributed by atoms with Gasteiger partial charge in [0.15, 0.2) is 0 Å². The minimum Gasteiger partial charge on any atom is -0.368 e. The SMILES string of the molecule is CN(C)C1CCN(S(=O)(=O)c2cnc(N)nc2)CC1. The van der Waals surface area contributed by atoms with Gasteiger partial charge in [0.25, 0.3) is 0 Å². The molecule has 2 N–H and O–H groups in total. The summed E-state index contributed by atoms with van der Waals surface area (Å²) in [6.45, 7) is 1.05. The lowest BCUT2D eigenvalue weighted by Gasteiger charge is -2.34. The van der Waals surface area contributed by atoms with E-state index < -0.39 is 10.0 Å². The van der Waals surface area contributed by atoms with Crippen LogP contribution in [0, 0.1) is 0 Å². The molecular weight excluding hydrogens is 266 g/mol. The molecule has 0 atom stereocenters. The lowest BCUT2D eigenvalue weighted by Crippen LogP contribution is -2.44. The third-order valence-corrected chi connectivity index (χ3v) is 5.29. The predicted molar refractivity (Wildman–Crippen MR) is 71.9 cm³/mol. The van der Waals surface area contributed by atoms with Crippen molar-refractivity contribution in [3.8, 4) is 0 Å². The van der Waals surface area contributed by atoms with Gasteiger partial charge in [-0.3, -0.25) is 0 Å². The standard InChI is InChI=1S/C11H19N5O2S/c1-15(2)9-3-5-16(6-4-9)19(17,18)10-7-13-11(12)14-8-10/h7-9H,3-6H2,1-2H3,(H2,12,13,14). The maximum atomic E-state index is 12.4. The molecule has 19 heavy (non-hydrogen) atoms. The Morgan fingerprint density at radius 2 is 1.79 bits per heavy atom. The first kappa shape index (κ1) is 14.2. The Bertz CT molecular complexity index is 521. The number of sulfonamides is 1. The maximum absolute atomic E-state index is 12.4. The summed E-state index contributed by atoms with van der Waals surface area (Å²) in [5, 5.41) is 0. The Morgan fingerprint density at radius 3 is 2.26 bits per heavy atom. The normalized spacial score (nSPS) is 18.9. The Hall–Kier alpha value is -1.25. The quantitative estimate of drug-likeness (QED) is 0.825. The average Bonchev–Trinajstić information content (AvgIpc) is 2.39. The largest absolute Gasteiger partial charge is 0.368 e. The molecule has 0 spiro atoms. The molecule has 0 aromatic carbocycles. The molecule has 1 saturated heterocycles. The zero-order valence-corrected chi connectivity index (χ0v) is 12.0. The van der Waals surface area contributed by atoms with E-state index in [-0.39, 0.29) is 10.8 Å². The summed E-state index contributed by atoms with van der Waals surface area (Å²) < 4.78 is 26.2. The second-order valence-electron chi connectivity index (χ2n) is 4.88. The zero-order chi connectivity index (χ0) is 14.0. The van der Waals surface area contributed by atoms with E-state index in [2.05, 4.69) is 14.9 Å². The number of rotatable bonds is 3. The van der Waals surface area contributed by atoms with E-state index in [9.17, 15) is 8.42 Å². The molecule has 1 aromatic heterocycles. The Morgan fingerprint density at radius 1 is 1.26 bits per heavy atom. The number of aromatic nitrogens is 2. The van der Waals surface area contributed by atoms with Crippen molar-refractivity contribution in [3.63, 3.8) is 0 Å². The van der Waals surface area contributed by atoms with Gasteiger partial charge in [-0.05, 0) is 26.9 Å². The fourth-order valence-corrected chi connectivity index (χ4v) is 3.57. The smallest absolute Gasteiger partial charge is 0.246 e. The minimum absolute atomic E-state index is 0.0743. The highest BCUT2D eigenvalue weighted by Gasteiger charge is 2.30. The van der Waals surface area contributed by atoms with Crippen molar-refractivity contribution in [2.45, 2.75) is 23.8 Å². The lowest BCUT2D eigenvalue weighted by atomic mass is 10.1. The van der Waals surface area contributed by atoms with E-state index in [1.807, 2.05) is 14.1 Å². The van der Waals surface area contributed by atoms with E-state index >= 15 is 0 Å². The highest BCUT2D eigenvalue weighted by molar-refractivity contribution is 7.89. The van der Waals surface area contributed by atoms with Crippen LogP contribution in [0.3, 0.4) is 0 Å². The van der Waals surface area contributed by atoms with Crippen LogP contribution in [0.5, 0.6) is 0 Å². The third-order valence-electron chi connectivity index (χ3n) is 3.44. The van der Waals surface area contributed by atoms with E-state index in [4.69, 9.17) is 5.73 Å². The summed E-state index contributed by atoms with van der Waals surface area (Å²) in [4.78, 5) is 9.71. The molecule has 0 radical (unpaired) electrons. The molecule has 7 nitrogen and oxygen atoms in total. The molecule has 1 aromatic rings. The van der Waals surface area contributed by atoms with E-state index in [0.717, 1.165) is 12.8 Å². The number of nitrogens with zero attached hydrogens (tertiary/aromatic N) is 4. The van der Waals surface area contributed by atoms with Crippen LogP contribution in [0.1, 0.15) is 12.8 Å². The van der Waals surface area contributed by atoms with Gasteiger partial charge < -0.3 is 10.6 Å². The first-order valence-electron chi connectivity index (χ1n) is 6.15. The van der Waals surface area contributed by atoms with Crippen LogP contribution in [0.15, 0.2) is 17.3 Å². The van der Waals surface area contributed by atoms with Crippen molar-refractivity contribution >= 4 is 16.0 Å². The predicted octanol–water partition coefficient (Wildman–Crippen LogP) is -0.226. The molecule has 0 unspecified atom stereocenters. The summed E-state index contributed by atoms with van der Waals surface area (Å²) >= 11 is 0. The fourth-order valence-electron chi connectivity index (χ4n) is 2.21. The molecular formula is C11H19N5O2S. The lowest BCUT2D eigenvalue weighted by molar-refractivity contribution is 0.196. The Kier molecular flexibility index (Phi) is 4.02. The van der Waals surface area contributed by atoms with Crippen LogP contribution in [-0.2, 0) is 10.0 Å². The van der Waals surface area contributed by atoms with E-state index in [1.165, 1.54) is 16.7 Å². The summed E-state index contributed by atoms with van der Waals surface area (Å²) in [5.41, 5.74) is 5.36. The van der Waals surface area contributed by atoms with Crippen molar-refractivity contribution in [2.75, 3.05) is 32.9 Å². The summed E-state index contributed by atoms with van der Waals surface area (Å²) in [5.74, 6) is 0.0743. The Balaban J connectivity index is 2.12. The number of nitrogen functional groups attached to an aromatic ring is 1. The second kappa shape index (κ2) is 5.40. The minimum atomic E-state index is -3.49. The van der Waals surface area contributed by atoms with Crippen molar-refractivity contribution in [1.82, 2.24) is 19.2 Å². The Labute approximate surface area is 113 Å². The molecule has 0 saturated carbocycles. The highest BCUT2D eigenvalue weighted by Crippen LogP contribution is 2.21. The van der Waals surface area contributed by atoms with Crippen molar-refractivity contribution in [1.29, 1.82) is 0 Å². The molecule has 2 rings (SSSR count). The molecule has 106 valence electrons. The summed E-state index contributed by atoms with van der Waals surface area (Å²) in [6, 6.07) is 0.439. The third kappa shape index (κ3) is 3.02. The monoisotopic (exact) mass is 285 g/mol. The van der Waals surface area contributed by atoms with Gasteiger partial charge in [-0.25, -0.2) is 18.4 Å². The molecule has 0 aliphatic carbocycles. The van der Waals surface area contributed by atoms with Gasteiger partial charge in [0.2, 0.25) is 16.0 Å². The number of hydrogen-bond donors (Lipinski definition) is 1. The van der Waals surface area contributed by atoms with Gasteiger partial charge >= 0.3 is 0 Å². The van der Waals surface area contributed by atoms with Gasteiger partial charge in [0.1, 0.15) is 4.90 Å². The van der Waals surface area contributed by atoms with Gasteiger partial charge in [-0.1, -0.05) is 0 Å². The van der Waals surface area contributed by atoms with Crippen molar-refractivity contribution in [3.05, 3.63) is 12.4 Å². The van der Waals surface area contributed by atoms with Crippen LogP contribution >= 0.6 is 0 Å². The van der Waals surface area contributed by atoms with Crippen molar-refractivity contribution < 1.29 is 8.42 Å². The first-order chi connectivity index (χ1) is 8.91. The first-order valence-corrected chi connectivity index (χ1v) is 7.59. The molecule has 1 aliphatic heterocycles. The second-order valence-corrected chi connectivity index (χ2v) is 6.81. The van der Waals surface area contributed by atoms with Crippen LogP contribution in [0.2, 0.25) is 0 Å². The van der Waals surface area contributed by atoms with Crippen LogP contribution in [0.25, 0.3) is 0 Å². The van der Waals surface area contributed by atoms with Gasteiger partial charge in [-0.15, -0.1) is 0 Å². The molecule has 1 aliphatic rings. The number of nitrogens with two attached hydrogens (primary N) is 1. The average molecular weight is 285 g/mol. The van der Waals surface area contributed by atoms with Gasteiger partial charge in [0.05, 0.1) is 12.4 Å². The fraction of sp³-hybridized carbons (Fsp3) is 0.636. The molecule has 0 bridgehead atoms. The molecule has 2 heterocycles. The molecule has 1 fully saturated rings. The van der Waals surface area contributed by atoms with Crippen molar-refractivity contribution in [2.24, 2.45) is 0 Å². The van der Waals surface area contributed by atoms with E-state index in [0.29, 0.717) is 19.1 Å². The van der Waals surface area contributed by atoms with E-state index in [1.54, 1.807) is 0 Å². The summed E-state index contributed by atoms with van der Waals surface area (Å²) in [7, 11) is 0.539. The van der Waals surface area contributed by atoms with Crippen LogP contribution < -0.4 is 5.73 Å². The number of piperidine rings is 1. The molecule has 0 amide bonds. The molecule has 8 heteroatoms. The topological polar surface area (TPSA) is 92.4 Å². The summed E-state index contributed by atoms with van der Waals surface area (Å²) in [6.07, 6.45) is 4.19. The van der Waals surface area contributed by atoms with Crippen LogP contribution in [0.4, 0.5) is 5.95 Å². The van der Waals surface area contributed by atoms with Gasteiger partial charge in [0, 0.05) is 19.1 Å². The van der Waals surface area contributed by atoms with Gasteiger partial charge in [-0.2, -0.15) is 4.31 Å². The highest BCUT2D eigenvalue weighted by atomic mass is 32.2. The van der Waals surface area contributed by atoms with Crippen LogP contribution in [-0.4, -0.2) is 60.8 Å². The zero-order valence-electron chi connectivity index (χ0n) is 11.2.